The highest BCUT2D eigenvalue weighted by molar-refractivity contribution is 5.97. The number of fused-ring (bicyclic) bond motifs is 2. The fraction of sp³-hybridized carbons (Fsp3) is 0.543. The summed E-state index contributed by atoms with van der Waals surface area (Å²) < 4.78 is 12.0. The number of piperazine rings is 1. The van der Waals surface area contributed by atoms with Crippen molar-refractivity contribution < 1.29 is 14.3 Å². The Hall–Kier alpha value is -4.10. The molecule has 1 amide bonds. The molecule has 3 aliphatic rings. The summed E-state index contributed by atoms with van der Waals surface area (Å²) in [5.74, 6) is 0.857. The van der Waals surface area contributed by atoms with Crippen LogP contribution in [0.25, 0.3) is 10.8 Å². The molecule has 10 nitrogen and oxygen atoms in total. The van der Waals surface area contributed by atoms with Crippen molar-refractivity contribution in [1.29, 1.82) is 5.26 Å². The van der Waals surface area contributed by atoms with Crippen LogP contribution in [0, 0.1) is 18.3 Å². The summed E-state index contributed by atoms with van der Waals surface area (Å²) in [7, 11) is 2.14. The van der Waals surface area contributed by atoms with Gasteiger partial charge in [0.15, 0.2) is 0 Å². The number of likely N-dealkylation sites (N-methyl/N-ethyl adjacent to an activating group) is 1. The molecule has 238 valence electrons. The third-order valence-corrected chi connectivity index (χ3v) is 9.27. The zero-order valence-corrected chi connectivity index (χ0v) is 27.3. The van der Waals surface area contributed by atoms with Gasteiger partial charge < -0.3 is 29.1 Å². The second kappa shape index (κ2) is 12.7. The first-order valence-electron chi connectivity index (χ1n) is 16.2. The maximum Gasteiger partial charge on any atom is 0.410 e. The van der Waals surface area contributed by atoms with E-state index in [1.807, 2.05) is 20.8 Å². The Kier molecular flexibility index (Phi) is 8.74. The van der Waals surface area contributed by atoms with Gasteiger partial charge in [-0.25, -0.2) is 4.79 Å². The number of amides is 1. The number of benzene rings is 2. The molecule has 45 heavy (non-hydrogen) atoms. The number of hydrogen-bond acceptors (Lipinski definition) is 9. The summed E-state index contributed by atoms with van der Waals surface area (Å²) in [6.45, 7) is 12.4. The van der Waals surface area contributed by atoms with Gasteiger partial charge in [-0.3, -0.25) is 0 Å². The quantitative estimate of drug-likeness (QED) is 0.367. The van der Waals surface area contributed by atoms with Crippen LogP contribution in [0.1, 0.15) is 56.9 Å². The van der Waals surface area contributed by atoms with Crippen LogP contribution in [0.3, 0.4) is 0 Å². The molecule has 0 aliphatic carbocycles. The van der Waals surface area contributed by atoms with Crippen molar-refractivity contribution in [1.82, 2.24) is 19.8 Å². The Morgan fingerprint density at radius 3 is 2.58 bits per heavy atom. The second-order valence-corrected chi connectivity index (χ2v) is 13.6. The highest BCUT2D eigenvalue weighted by atomic mass is 16.6. The van der Waals surface area contributed by atoms with E-state index in [4.69, 9.17) is 19.4 Å². The number of rotatable bonds is 6. The fourth-order valence-corrected chi connectivity index (χ4v) is 6.94. The largest absolute Gasteiger partial charge is 0.462 e. The van der Waals surface area contributed by atoms with Gasteiger partial charge >= 0.3 is 12.1 Å². The minimum Gasteiger partial charge on any atom is -0.462 e. The smallest absolute Gasteiger partial charge is 0.410 e. The molecule has 0 N–H and O–H groups in total. The Bertz CT molecular complexity index is 1590. The standard InChI is InChI=1S/C35H45N7O3/c1-24-9-6-10-25-11-7-13-30(31(24)25)40-18-15-28-29(22-40)37-33(44-23-27-12-8-17-39(27)5)38-32(28)41-19-20-42(26(21-41)14-16-36)34(43)45-35(2,3)4/h6-7,9-11,13,26-27H,8,12,14-15,17-23H2,1-5H3/t26-,27+/m0/s1. The number of likely N-dealkylation sites (tertiary alicyclic amines) is 1. The number of anilines is 2. The lowest BCUT2D eigenvalue weighted by atomic mass is 9.99. The molecule has 10 heteroatoms. The maximum absolute atomic E-state index is 13.1. The number of aryl methyl sites for hydroxylation is 1. The lowest BCUT2D eigenvalue weighted by molar-refractivity contribution is 0.0144. The third-order valence-electron chi connectivity index (χ3n) is 9.27. The molecule has 0 spiro atoms. The van der Waals surface area contributed by atoms with Crippen LogP contribution in [-0.2, 0) is 17.7 Å². The van der Waals surface area contributed by atoms with Crippen LogP contribution < -0.4 is 14.5 Å². The molecule has 6 rings (SSSR count). The van der Waals surface area contributed by atoms with Crippen LogP contribution in [0.5, 0.6) is 6.01 Å². The van der Waals surface area contributed by atoms with E-state index >= 15 is 0 Å². The van der Waals surface area contributed by atoms with Gasteiger partial charge in [-0.05, 0) is 77.6 Å². The van der Waals surface area contributed by atoms with E-state index in [0.29, 0.717) is 44.8 Å². The highest BCUT2D eigenvalue weighted by Crippen LogP contribution is 2.36. The van der Waals surface area contributed by atoms with E-state index in [9.17, 15) is 10.1 Å². The molecule has 3 aromatic rings. The molecular formula is C35H45N7O3. The van der Waals surface area contributed by atoms with Crippen LogP contribution >= 0.6 is 0 Å². The molecular weight excluding hydrogens is 566 g/mol. The molecule has 2 saturated heterocycles. The van der Waals surface area contributed by atoms with E-state index < -0.39 is 5.60 Å². The molecule has 2 atom stereocenters. The number of ether oxygens (including phenoxy) is 2. The zero-order valence-electron chi connectivity index (χ0n) is 27.3. The van der Waals surface area contributed by atoms with Crippen molar-refractivity contribution in [3.63, 3.8) is 0 Å². The normalized spacial score (nSPS) is 20.7. The monoisotopic (exact) mass is 611 g/mol. The van der Waals surface area contributed by atoms with Crippen LogP contribution in [0.2, 0.25) is 0 Å². The van der Waals surface area contributed by atoms with Gasteiger partial charge in [-0.15, -0.1) is 0 Å². The first-order valence-corrected chi connectivity index (χ1v) is 16.2. The van der Waals surface area contributed by atoms with Gasteiger partial charge in [0, 0.05) is 48.9 Å². The molecule has 1 aromatic heterocycles. The third kappa shape index (κ3) is 6.64. The van der Waals surface area contributed by atoms with Gasteiger partial charge in [-0.2, -0.15) is 15.2 Å². The van der Waals surface area contributed by atoms with Crippen molar-refractivity contribution in [2.45, 2.75) is 77.6 Å². The summed E-state index contributed by atoms with van der Waals surface area (Å²) in [5, 5.41) is 12.2. The summed E-state index contributed by atoms with van der Waals surface area (Å²) in [6.07, 6.45) is 2.90. The Balaban J connectivity index is 1.32. The first-order chi connectivity index (χ1) is 21.6. The minimum absolute atomic E-state index is 0.217. The first kappa shape index (κ1) is 30.9. The Morgan fingerprint density at radius 1 is 1.04 bits per heavy atom. The molecule has 2 aromatic carbocycles. The molecule has 0 saturated carbocycles. The molecule has 0 radical (unpaired) electrons. The maximum atomic E-state index is 13.1. The molecule has 2 fully saturated rings. The minimum atomic E-state index is -0.606. The van der Waals surface area contributed by atoms with Gasteiger partial charge in [0.05, 0.1) is 30.8 Å². The number of nitriles is 1. The van der Waals surface area contributed by atoms with Crippen LogP contribution in [0.15, 0.2) is 36.4 Å². The van der Waals surface area contributed by atoms with E-state index in [0.717, 1.165) is 43.0 Å². The number of nitrogens with zero attached hydrogens (tertiary/aromatic N) is 7. The van der Waals surface area contributed by atoms with E-state index in [1.165, 1.54) is 28.4 Å². The summed E-state index contributed by atoms with van der Waals surface area (Å²) in [5.41, 5.74) is 3.96. The van der Waals surface area contributed by atoms with E-state index in [1.54, 1.807) is 4.90 Å². The molecule has 3 aliphatic heterocycles. The van der Waals surface area contributed by atoms with Crippen molar-refractivity contribution in [3.8, 4) is 12.1 Å². The number of aromatic nitrogens is 2. The fourth-order valence-electron chi connectivity index (χ4n) is 6.94. The summed E-state index contributed by atoms with van der Waals surface area (Å²) in [4.78, 5) is 31.8. The van der Waals surface area contributed by atoms with E-state index in [2.05, 4.69) is 71.1 Å². The number of hydrogen-bond donors (Lipinski definition) is 0. The molecule has 0 bridgehead atoms. The summed E-state index contributed by atoms with van der Waals surface area (Å²) in [6, 6.07) is 15.7. The van der Waals surface area contributed by atoms with E-state index in [-0.39, 0.29) is 18.6 Å². The predicted molar refractivity (Wildman–Crippen MR) is 176 cm³/mol. The van der Waals surface area contributed by atoms with Crippen LogP contribution in [0.4, 0.5) is 16.3 Å². The van der Waals surface area contributed by atoms with Crippen molar-refractivity contribution in [3.05, 3.63) is 53.2 Å². The van der Waals surface area contributed by atoms with Crippen molar-refractivity contribution in [2.24, 2.45) is 0 Å². The molecule has 0 unspecified atom stereocenters. The average Bonchev–Trinajstić information content (AvgIpc) is 3.42. The van der Waals surface area contributed by atoms with Crippen molar-refractivity contribution >= 4 is 28.4 Å². The second-order valence-electron chi connectivity index (χ2n) is 13.6. The van der Waals surface area contributed by atoms with Crippen molar-refractivity contribution in [2.75, 3.05) is 56.2 Å². The number of carbonyl (C=O) groups is 1. The molecule has 4 heterocycles. The highest BCUT2D eigenvalue weighted by Gasteiger charge is 2.36. The predicted octanol–water partition coefficient (Wildman–Crippen LogP) is 5.31. The zero-order chi connectivity index (χ0) is 31.7. The van der Waals surface area contributed by atoms with Gasteiger partial charge in [0.1, 0.15) is 18.0 Å². The van der Waals surface area contributed by atoms with Gasteiger partial charge in [0.2, 0.25) is 0 Å². The Labute approximate surface area is 266 Å². The SMILES string of the molecule is Cc1cccc2cccc(N3CCc4c(nc(OC[C@H]5CCCN5C)nc4N4CCN(C(=O)OC(C)(C)C)[C@@H](CC#N)C4)C3)c12. The Morgan fingerprint density at radius 2 is 1.84 bits per heavy atom. The lowest BCUT2D eigenvalue weighted by Gasteiger charge is -2.42. The van der Waals surface area contributed by atoms with Crippen LogP contribution in [-0.4, -0.2) is 89.9 Å². The lowest BCUT2D eigenvalue weighted by Crippen LogP contribution is -2.56. The number of carbonyl (C=O) groups excluding carboxylic acids is 1. The topological polar surface area (TPSA) is 98.1 Å². The summed E-state index contributed by atoms with van der Waals surface area (Å²) >= 11 is 0. The average molecular weight is 612 g/mol. The van der Waals surface area contributed by atoms with Gasteiger partial charge in [0.25, 0.3) is 0 Å². The van der Waals surface area contributed by atoms with Gasteiger partial charge in [-0.1, -0.05) is 30.3 Å².